The van der Waals surface area contributed by atoms with Gasteiger partial charge in [-0.1, -0.05) is 6.92 Å². The van der Waals surface area contributed by atoms with Gasteiger partial charge < -0.3 is 20.5 Å². The molecule has 26 heavy (non-hydrogen) atoms. The van der Waals surface area contributed by atoms with Gasteiger partial charge in [0.2, 0.25) is 5.91 Å². The molecule has 0 unspecified atom stereocenters. The predicted molar refractivity (Wildman–Crippen MR) is 83.5 cm³/mol. The van der Waals surface area contributed by atoms with E-state index in [0.717, 1.165) is 26.4 Å². The number of ether oxygens (including phenoxy) is 2. The zero-order chi connectivity index (χ0) is 20.0. The molecule has 142 valence electrons. The molecule has 2 amide bonds. The summed E-state index contributed by atoms with van der Waals surface area (Å²) in [5.41, 5.74) is 4.69. The predicted octanol–water partition coefficient (Wildman–Crippen LogP) is 0.147. The van der Waals surface area contributed by atoms with Crippen LogP contribution < -0.4 is 11.1 Å². The van der Waals surface area contributed by atoms with E-state index in [9.17, 15) is 28.0 Å². The highest BCUT2D eigenvalue weighted by Crippen LogP contribution is 2.20. The first kappa shape index (κ1) is 21.0. The number of primary amides is 1. The van der Waals surface area contributed by atoms with Crippen molar-refractivity contribution in [2.45, 2.75) is 13.0 Å². The highest BCUT2D eigenvalue weighted by molar-refractivity contribution is 5.99. The molecule has 0 spiro atoms. The number of amides is 2. The van der Waals surface area contributed by atoms with Crippen molar-refractivity contribution in [2.24, 2.45) is 17.6 Å². The first-order chi connectivity index (χ1) is 12.1. The molecule has 1 aromatic carbocycles. The van der Waals surface area contributed by atoms with Crippen LogP contribution in [0, 0.1) is 23.5 Å². The van der Waals surface area contributed by atoms with Gasteiger partial charge in [0.15, 0.2) is 5.92 Å². The Kier molecular flexibility index (Phi) is 7.17. The number of hydrogen-bond acceptors (Lipinski definition) is 6. The first-order valence-corrected chi connectivity index (χ1v) is 7.34. The minimum Gasteiger partial charge on any atom is -0.468 e. The maximum atomic E-state index is 13.7. The van der Waals surface area contributed by atoms with Gasteiger partial charge in [-0.3, -0.25) is 19.2 Å². The van der Waals surface area contributed by atoms with Gasteiger partial charge in [0.05, 0.1) is 19.8 Å². The number of nitrogens with one attached hydrogen (secondary N) is 1. The Bertz CT molecular complexity index is 709. The molecule has 0 aromatic heterocycles. The van der Waals surface area contributed by atoms with Crippen LogP contribution in [0.4, 0.5) is 8.78 Å². The molecule has 1 aromatic rings. The number of carbonyl (C=O) groups is 4. The Hall–Kier alpha value is -3.04. The summed E-state index contributed by atoms with van der Waals surface area (Å²) >= 11 is 0. The van der Waals surface area contributed by atoms with Crippen LogP contribution in [0.3, 0.4) is 0 Å². The second-order valence-electron chi connectivity index (χ2n) is 5.36. The number of hydrogen-bond donors (Lipinski definition) is 2. The lowest BCUT2D eigenvalue weighted by Gasteiger charge is -2.26. The number of esters is 2. The fourth-order valence-electron chi connectivity index (χ4n) is 2.33. The molecular formula is C16H18F2N2O6. The van der Waals surface area contributed by atoms with Crippen molar-refractivity contribution in [2.75, 3.05) is 14.2 Å². The number of methoxy groups -OCH3 is 2. The summed E-state index contributed by atoms with van der Waals surface area (Å²) in [6.45, 7) is 1.29. The molecule has 0 saturated carbocycles. The van der Waals surface area contributed by atoms with E-state index in [0.29, 0.717) is 6.07 Å². The molecule has 1 rings (SSSR count). The fourth-order valence-corrected chi connectivity index (χ4v) is 2.33. The Labute approximate surface area is 147 Å². The quantitative estimate of drug-likeness (QED) is 0.518. The van der Waals surface area contributed by atoms with Gasteiger partial charge >= 0.3 is 11.9 Å². The summed E-state index contributed by atoms with van der Waals surface area (Å²) in [6.07, 6.45) is 0. The van der Waals surface area contributed by atoms with E-state index in [1.54, 1.807) is 0 Å². The Morgan fingerprint density at radius 3 is 2.04 bits per heavy atom. The van der Waals surface area contributed by atoms with Crippen molar-refractivity contribution in [3.63, 3.8) is 0 Å². The Morgan fingerprint density at radius 1 is 1.08 bits per heavy atom. The van der Waals surface area contributed by atoms with Crippen LogP contribution in [0.2, 0.25) is 0 Å². The molecule has 0 fully saturated rings. The maximum absolute atomic E-state index is 13.7. The number of rotatable bonds is 7. The van der Waals surface area contributed by atoms with Crippen molar-refractivity contribution >= 4 is 23.8 Å². The molecule has 8 nitrogen and oxygen atoms in total. The van der Waals surface area contributed by atoms with Gasteiger partial charge in [0.1, 0.15) is 17.7 Å². The number of benzene rings is 1. The average Bonchev–Trinajstić information content (AvgIpc) is 2.58. The molecule has 0 aliphatic carbocycles. The monoisotopic (exact) mass is 372 g/mol. The highest BCUT2D eigenvalue weighted by atomic mass is 19.1. The van der Waals surface area contributed by atoms with Crippen molar-refractivity contribution in [3.05, 3.63) is 35.4 Å². The third-order valence-electron chi connectivity index (χ3n) is 3.73. The second-order valence-corrected chi connectivity index (χ2v) is 5.36. The SMILES string of the molecule is COC(=O)C(C(=O)OC)[C@H](C)[C@@H](NC(=O)c1ccc(F)cc1F)C(N)=O. The molecule has 0 aliphatic rings. The average molecular weight is 372 g/mol. The first-order valence-electron chi connectivity index (χ1n) is 7.34. The van der Waals surface area contributed by atoms with Crippen LogP contribution in [-0.2, 0) is 23.9 Å². The molecule has 0 radical (unpaired) electrons. The van der Waals surface area contributed by atoms with E-state index in [4.69, 9.17) is 5.73 Å². The van der Waals surface area contributed by atoms with Crippen LogP contribution in [0.1, 0.15) is 17.3 Å². The number of nitrogens with two attached hydrogens (primary N) is 1. The minimum atomic E-state index is -1.55. The van der Waals surface area contributed by atoms with Crippen LogP contribution in [-0.4, -0.2) is 44.0 Å². The van der Waals surface area contributed by atoms with Crippen molar-refractivity contribution in [3.8, 4) is 0 Å². The van der Waals surface area contributed by atoms with Crippen molar-refractivity contribution in [1.82, 2.24) is 5.32 Å². The molecule has 2 atom stereocenters. The molecule has 0 aliphatic heterocycles. The van der Waals surface area contributed by atoms with Gasteiger partial charge in [0.25, 0.3) is 5.91 Å². The third-order valence-corrected chi connectivity index (χ3v) is 3.73. The van der Waals surface area contributed by atoms with Gasteiger partial charge in [0, 0.05) is 12.0 Å². The molecule has 0 bridgehead atoms. The normalized spacial score (nSPS) is 12.8. The van der Waals surface area contributed by atoms with Gasteiger partial charge in [-0.2, -0.15) is 0 Å². The zero-order valence-electron chi connectivity index (χ0n) is 14.2. The number of carbonyl (C=O) groups excluding carboxylic acids is 4. The Balaban J connectivity index is 3.13. The van der Waals surface area contributed by atoms with E-state index in [2.05, 4.69) is 14.8 Å². The largest absolute Gasteiger partial charge is 0.468 e. The van der Waals surface area contributed by atoms with Gasteiger partial charge in [-0.05, 0) is 12.1 Å². The minimum absolute atomic E-state index is 0.489. The van der Waals surface area contributed by atoms with E-state index in [1.807, 2.05) is 0 Å². The van der Waals surface area contributed by atoms with Crippen LogP contribution >= 0.6 is 0 Å². The third kappa shape index (κ3) is 4.74. The second kappa shape index (κ2) is 8.88. The number of halogens is 2. The summed E-state index contributed by atoms with van der Waals surface area (Å²) in [7, 11) is 2.05. The molecule has 3 N–H and O–H groups in total. The lowest BCUT2D eigenvalue weighted by molar-refractivity contribution is -0.161. The summed E-state index contributed by atoms with van der Waals surface area (Å²) < 4.78 is 35.7. The van der Waals surface area contributed by atoms with Crippen LogP contribution in [0.15, 0.2) is 18.2 Å². The zero-order valence-corrected chi connectivity index (χ0v) is 14.2. The summed E-state index contributed by atoms with van der Waals surface area (Å²) in [6, 6.07) is 0.687. The van der Waals surface area contributed by atoms with Crippen molar-refractivity contribution in [1.29, 1.82) is 0 Å². The summed E-state index contributed by atoms with van der Waals surface area (Å²) in [5.74, 6) is -8.93. The van der Waals surface area contributed by atoms with E-state index in [-0.39, 0.29) is 0 Å². The lowest BCUT2D eigenvalue weighted by atomic mass is 9.86. The smallest absolute Gasteiger partial charge is 0.320 e. The van der Waals surface area contributed by atoms with E-state index >= 15 is 0 Å². The van der Waals surface area contributed by atoms with Crippen LogP contribution in [0.5, 0.6) is 0 Å². The molecule has 0 saturated heterocycles. The maximum Gasteiger partial charge on any atom is 0.320 e. The summed E-state index contributed by atoms with van der Waals surface area (Å²) in [5, 5.41) is 2.14. The van der Waals surface area contributed by atoms with E-state index < -0.39 is 58.8 Å². The van der Waals surface area contributed by atoms with Crippen molar-refractivity contribution < 1.29 is 37.4 Å². The fraction of sp³-hybridized carbons (Fsp3) is 0.375. The summed E-state index contributed by atoms with van der Waals surface area (Å²) in [4.78, 5) is 47.6. The molecular weight excluding hydrogens is 354 g/mol. The topological polar surface area (TPSA) is 125 Å². The Morgan fingerprint density at radius 2 is 1.62 bits per heavy atom. The van der Waals surface area contributed by atoms with Gasteiger partial charge in [-0.25, -0.2) is 8.78 Å². The lowest BCUT2D eigenvalue weighted by Crippen LogP contribution is -2.53. The molecule has 10 heteroatoms. The van der Waals surface area contributed by atoms with Crippen LogP contribution in [0.25, 0.3) is 0 Å². The highest BCUT2D eigenvalue weighted by Gasteiger charge is 2.41. The molecule has 0 heterocycles. The standard InChI is InChI=1S/C16H18F2N2O6/c1-7(11(15(23)25-2)16(24)26-3)12(13(19)21)20-14(22)9-5-4-8(17)6-10(9)18/h4-7,11-12H,1-3H3,(H2,19,21)(H,20,22)/t7-,12+/m0/s1. The van der Waals surface area contributed by atoms with Gasteiger partial charge in [-0.15, -0.1) is 0 Å². The van der Waals surface area contributed by atoms with E-state index in [1.165, 1.54) is 6.92 Å².